The molecule has 0 aliphatic heterocycles. The molecular formula is C16H15ClN4O4S. The maximum atomic E-state index is 12.1. The van der Waals surface area contributed by atoms with Crippen LogP contribution in [0.2, 0.25) is 5.02 Å². The first-order valence-electron chi connectivity index (χ1n) is 7.37. The summed E-state index contributed by atoms with van der Waals surface area (Å²) < 4.78 is 10.8. The molecule has 10 heteroatoms. The fraction of sp³-hybridized carbons (Fsp3) is 0.250. The zero-order valence-corrected chi connectivity index (χ0v) is 15.5. The molecule has 0 bridgehead atoms. The number of hydrogen-bond acceptors (Lipinski definition) is 7. The van der Waals surface area contributed by atoms with E-state index in [0.29, 0.717) is 17.3 Å². The minimum Gasteiger partial charge on any atom is -0.490 e. The first kappa shape index (κ1) is 19.6. The maximum Gasteiger partial charge on any atom is 0.270 e. The summed E-state index contributed by atoms with van der Waals surface area (Å²) >= 11 is 7.53. The van der Waals surface area contributed by atoms with Gasteiger partial charge in [0.1, 0.15) is 11.6 Å². The van der Waals surface area contributed by atoms with Crippen molar-refractivity contribution in [3.63, 3.8) is 0 Å². The second-order valence-electron chi connectivity index (χ2n) is 4.88. The van der Waals surface area contributed by atoms with Crippen LogP contribution in [0.4, 0.5) is 0 Å². The number of H-pyrrole nitrogens is 1. The van der Waals surface area contributed by atoms with Gasteiger partial charge in [-0.25, -0.2) is 4.98 Å². The monoisotopic (exact) mass is 394 g/mol. The van der Waals surface area contributed by atoms with Crippen LogP contribution in [-0.4, -0.2) is 35.3 Å². The summed E-state index contributed by atoms with van der Waals surface area (Å²) in [5, 5.41) is 9.84. The highest BCUT2D eigenvalue weighted by atomic mass is 35.5. The van der Waals surface area contributed by atoms with Crippen LogP contribution in [0.3, 0.4) is 0 Å². The summed E-state index contributed by atoms with van der Waals surface area (Å²) in [6.07, 6.45) is 1.74. The number of thioether (sulfide) groups is 1. The van der Waals surface area contributed by atoms with E-state index in [0.717, 1.165) is 0 Å². The lowest BCUT2D eigenvalue weighted by atomic mass is 10.1. The number of carbonyl (C=O) groups is 1. The molecule has 0 aliphatic carbocycles. The Hall–Kier alpha value is -2.70. The number of ether oxygens (including phenoxy) is 2. The van der Waals surface area contributed by atoms with Crippen LogP contribution < -0.4 is 20.8 Å². The van der Waals surface area contributed by atoms with Crippen molar-refractivity contribution in [2.75, 3.05) is 19.5 Å². The molecule has 0 saturated carbocycles. The van der Waals surface area contributed by atoms with Crippen molar-refractivity contribution in [2.24, 2.45) is 5.73 Å². The van der Waals surface area contributed by atoms with Gasteiger partial charge in [-0.3, -0.25) is 9.59 Å². The molecule has 1 amide bonds. The number of aromatic amines is 1. The van der Waals surface area contributed by atoms with Gasteiger partial charge in [-0.05, 0) is 19.2 Å². The molecule has 3 N–H and O–H groups in total. The second-order valence-corrected chi connectivity index (χ2v) is 6.08. The van der Waals surface area contributed by atoms with Gasteiger partial charge in [0.05, 0.1) is 17.3 Å². The lowest BCUT2D eigenvalue weighted by molar-refractivity contribution is -0.119. The number of benzene rings is 1. The molecule has 0 spiro atoms. The summed E-state index contributed by atoms with van der Waals surface area (Å²) in [7, 11) is 0. The average Bonchev–Trinajstić information content (AvgIpc) is 2.60. The molecule has 0 radical (unpaired) electrons. The highest BCUT2D eigenvalue weighted by Gasteiger charge is 2.19. The predicted molar refractivity (Wildman–Crippen MR) is 97.7 cm³/mol. The summed E-state index contributed by atoms with van der Waals surface area (Å²) in [5.74, 6) is -0.155. The molecule has 136 valence electrons. The van der Waals surface area contributed by atoms with E-state index in [1.165, 1.54) is 23.9 Å². The van der Waals surface area contributed by atoms with Crippen molar-refractivity contribution in [2.45, 2.75) is 12.1 Å². The molecule has 0 fully saturated rings. The van der Waals surface area contributed by atoms with E-state index in [1.54, 1.807) is 13.2 Å². The molecule has 2 rings (SSSR count). The smallest absolute Gasteiger partial charge is 0.270 e. The summed E-state index contributed by atoms with van der Waals surface area (Å²) in [4.78, 5) is 29.9. The Morgan fingerprint density at radius 1 is 1.42 bits per heavy atom. The fourth-order valence-electron chi connectivity index (χ4n) is 2.09. The molecule has 1 aromatic heterocycles. The third-order valence-electron chi connectivity index (χ3n) is 3.16. The molecule has 0 atom stereocenters. The molecule has 0 saturated heterocycles. The molecule has 1 aromatic carbocycles. The third-order valence-corrected chi connectivity index (χ3v) is 4.05. The summed E-state index contributed by atoms with van der Waals surface area (Å²) in [6.45, 7) is 1.74. The van der Waals surface area contributed by atoms with E-state index in [1.807, 2.05) is 6.07 Å². The number of primary amides is 1. The van der Waals surface area contributed by atoms with Gasteiger partial charge in [-0.15, -0.1) is 0 Å². The quantitative estimate of drug-likeness (QED) is 0.541. The standard InChI is InChI=1S/C16H15ClN4O4S/c1-3-24-11-4-8(10(17)5-12(11)25-7-13(19)22)14-9(6-18)15(23)21-16(20-14)26-2/h4-5H,3,7H2,1-2H3,(H2,19,22)(H,20,21,23). The van der Waals surface area contributed by atoms with Crippen molar-refractivity contribution < 1.29 is 14.3 Å². The Balaban J connectivity index is 2.66. The SMILES string of the molecule is CCOc1cc(-c2nc(SC)[nH]c(=O)c2C#N)c(Cl)cc1OCC(N)=O. The zero-order valence-electron chi connectivity index (χ0n) is 14.0. The number of rotatable bonds is 7. The van der Waals surface area contributed by atoms with Crippen molar-refractivity contribution in [1.82, 2.24) is 9.97 Å². The van der Waals surface area contributed by atoms with Crippen LogP contribution in [0.1, 0.15) is 12.5 Å². The first-order valence-corrected chi connectivity index (χ1v) is 8.97. The highest BCUT2D eigenvalue weighted by molar-refractivity contribution is 7.98. The summed E-state index contributed by atoms with van der Waals surface area (Å²) in [5.41, 5.74) is 4.82. The van der Waals surface area contributed by atoms with E-state index in [9.17, 15) is 14.9 Å². The predicted octanol–water partition coefficient (Wildman–Crippen LogP) is 1.95. The van der Waals surface area contributed by atoms with Crippen LogP contribution in [0, 0.1) is 11.3 Å². The third kappa shape index (κ3) is 4.28. The number of halogens is 1. The number of amides is 1. The number of nitriles is 1. The molecule has 8 nitrogen and oxygen atoms in total. The zero-order chi connectivity index (χ0) is 19.3. The first-order chi connectivity index (χ1) is 12.4. The number of nitrogens with zero attached hydrogens (tertiary/aromatic N) is 2. The number of nitrogens with one attached hydrogen (secondary N) is 1. The maximum absolute atomic E-state index is 12.1. The van der Waals surface area contributed by atoms with Gasteiger partial charge in [0.15, 0.2) is 23.3 Å². The highest BCUT2D eigenvalue weighted by Crippen LogP contribution is 2.38. The Kier molecular flexibility index (Phi) is 6.49. The van der Waals surface area contributed by atoms with Gasteiger partial charge in [0.25, 0.3) is 11.5 Å². The minimum absolute atomic E-state index is 0.132. The van der Waals surface area contributed by atoms with Crippen LogP contribution in [0.15, 0.2) is 22.1 Å². The Labute approximate surface area is 158 Å². The summed E-state index contributed by atoms with van der Waals surface area (Å²) in [6, 6.07) is 4.77. The molecule has 1 heterocycles. The van der Waals surface area contributed by atoms with Gasteiger partial charge in [-0.2, -0.15) is 5.26 Å². The van der Waals surface area contributed by atoms with Crippen molar-refractivity contribution in [3.8, 4) is 28.8 Å². The van der Waals surface area contributed by atoms with E-state index >= 15 is 0 Å². The van der Waals surface area contributed by atoms with E-state index in [4.69, 9.17) is 26.8 Å². The van der Waals surface area contributed by atoms with Crippen molar-refractivity contribution in [1.29, 1.82) is 5.26 Å². The van der Waals surface area contributed by atoms with E-state index in [2.05, 4.69) is 9.97 Å². The fourth-order valence-corrected chi connectivity index (χ4v) is 2.71. The van der Waals surface area contributed by atoms with Crippen LogP contribution >= 0.6 is 23.4 Å². The van der Waals surface area contributed by atoms with Gasteiger partial charge in [0, 0.05) is 11.6 Å². The van der Waals surface area contributed by atoms with Gasteiger partial charge in [0.2, 0.25) is 0 Å². The van der Waals surface area contributed by atoms with Crippen molar-refractivity contribution in [3.05, 3.63) is 33.1 Å². The Morgan fingerprint density at radius 3 is 2.69 bits per heavy atom. The Bertz CT molecular complexity index is 939. The second kappa shape index (κ2) is 8.60. The van der Waals surface area contributed by atoms with Crippen molar-refractivity contribution >= 4 is 29.3 Å². The normalized spacial score (nSPS) is 10.2. The number of aromatic nitrogens is 2. The number of nitrogens with two attached hydrogens (primary N) is 1. The molecule has 0 unspecified atom stereocenters. The lowest BCUT2D eigenvalue weighted by Gasteiger charge is -2.14. The molecular weight excluding hydrogens is 380 g/mol. The minimum atomic E-state index is -0.653. The molecule has 0 aliphatic rings. The topological polar surface area (TPSA) is 131 Å². The van der Waals surface area contributed by atoms with E-state index < -0.39 is 11.5 Å². The average molecular weight is 395 g/mol. The number of carbonyl (C=O) groups excluding carboxylic acids is 1. The van der Waals surface area contributed by atoms with Gasteiger partial charge >= 0.3 is 0 Å². The van der Waals surface area contributed by atoms with Crippen LogP contribution in [0.5, 0.6) is 11.5 Å². The number of hydrogen-bond donors (Lipinski definition) is 2. The molecule has 2 aromatic rings. The molecule has 26 heavy (non-hydrogen) atoms. The largest absolute Gasteiger partial charge is 0.490 e. The lowest BCUT2D eigenvalue weighted by Crippen LogP contribution is -2.20. The van der Waals surface area contributed by atoms with Crippen LogP contribution in [-0.2, 0) is 4.79 Å². The van der Waals surface area contributed by atoms with Gasteiger partial charge in [-0.1, -0.05) is 23.4 Å². The Morgan fingerprint density at radius 2 is 2.12 bits per heavy atom. The van der Waals surface area contributed by atoms with Gasteiger partial charge < -0.3 is 20.2 Å². The van der Waals surface area contributed by atoms with Crippen LogP contribution in [0.25, 0.3) is 11.3 Å². The van der Waals surface area contributed by atoms with E-state index in [-0.39, 0.29) is 34.4 Å².